The van der Waals surface area contributed by atoms with Crippen LogP contribution in [0.3, 0.4) is 0 Å². The number of hydroxylamine groups is 1. The van der Waals surface area contributed by atoms with Gasteiger partial charge in [0.25, 0.3) is 0 Å². The van der Waals surface area contributed by atoms with Gasteiger partial charge < -0.3 is 19.6 Å². The molecule has 2 aliphatic heterocycles. The zero-order valence-corrected chi connectivity index (χ0v) is 19.5. The van der Waals surface area contributed by atoms with Crippen LogP contribution in [0.5, 0.6) is 0 Å². The summed E-state index contributed by atoms with van der Waals surface area (Å²) in [7, 11) is 0. The highest BCUT2D eigenvalue weighted by Gasteiger charge is 2.21. The van der Waals surface area contributed by atoms with Crippen molar-refractivity contribution >= 4 is 27.8 Å². The van der Waals surface area contributed by atoms with Gasteiger partial charge in [0.15, 0.2) is 5.13 Å². The average molecular weight is 467 g/mol. The highest BCUT2D eigenvalue weighted by Crippen LogP contribution is 2.31. The molecule has 2 N–H and O–H groups in total. The summed E-state index contributed by atoms with van der Waals surface area (Å²) in [6.45, 7) is 5.51. The standard InChI is InChI=1S/C25H30N4O3S/c30-12-9-29(31)22-4-1-19(2-5-22)15-24-17-26-25(33-24)28-8-7-20-3-6-23(16-21(20)18-28)27-10-13-32-14-11-27/h1-6,16-17,30-31H,7-15,18H2. The number of thiazole rings is 1. The van der Waals surface area contributed by atoms with Crippen molar-refractivity contribution in [1.29, 1.82) is 0 Å². The number of ether oxygens (including phenoxy) is 1. The Hall–Kier alpha value is -2.65. The number of anilines is 3. The minimum Gasteiger partial charge on any atom is -0.394 e. The summed E-state index contributed by atoms with van der Waals surface area (Å²) in [6.07, 6.45) is 3.84. The molecule has 1 fully saturated rings. The molecule has 0 unspecified atom stereocenters. The smallest absolute Gasteiger partial charge is 0.185 e. The first-order valence-electron chi connectivity index (χ1n) is 11.5. The largest absolute Gasteiger partial charge is 0.394 e. The molecule has 0 amide bonds. The lowest BCUT2D eigenvalue weighted by Gasteiger charge is -2.32. The molecule has 3 heterocycles. The molecular formula is C25H30N4O3S. The van der Waals surface area contributed by atoms with E-state index in [2.05, 4.69) is 28.0 Å². The quantitative estimate of drug-likeness (QED) is 0.518. The predicted molar refractivity (Wildman–Crippen MR) is 132 cm³/mol. The van der Waals surface area contributed by atoms with Crippen LogP contribution in [0.1, 0.15) is 21.6 Å². The van der Waals surface area contributed by atoms with Crippen molar-refractivity contribution in [2.24, 2.45) is 0 Å². The maximum Gasteiger partial charge on any atom is 0.185 e. The van der Waals surface area contributed by atoms with Crippen molar-refractivity contribution < 1.29 is 15.1 Å². The number of hydrogen-bond acceptors (Lipinski definition) is 8. The van der Waals surface area contributed by atoms with Crippen molar-refractivity contribution in [2.75, 3.05) is 60.9 Å². The Morgan fingerprint density at radius 3 is 2.61 bits per heavy atom. The van der Waals surface area contributed by atoms with Gasteiger partial charge in [-0.05, 0) is 47.4 Å². The fourth-order valence-corrected chi connectivity index (χ4v) is 5.43. The number of hydrogen-bond donors (Lipinski definition) is 2. The van der Waals surface area contributed by atoms with Crippen molar-refractivity contribution in [3.63, 3.8) is 0 Å². The maximum atomic E-state index is 9.86. The van der Waals surface area contributed by atoms with E-state index < -0.39 is 0 Å². The zero-order valence-electron chi connectivity index (χ0n) is 18.7. The number of aliphatic hydroxyl groups excluding tert-OH is 1. The van der Waals surface area contributed by atoms with E-state index >= 15 is 0 Å². The third-order valence-electron chi connectivity index (χ3n) is 6.31. The number of morpholine rings is 1. The molecule has 33 heavy (non-hydrogen) atoms. The highest BCUT2D eigenvalue weighted by molar-refractivity contribution is 7.15. The van der Waals surface area contributed by atoms with Crippen LogP contribution >= 0.6 is 11.3 Å². The first-order valence-corrected chi connectivity index (χ1v) is 12.3. The fraction of sp³-hybridized carbons (Fsp3) is 0.400. The first-order chi connectivity index (χ1) is 16.2. The first kappa shape index (κ1) is 22.2. The molecule has 0 radical (unpaired) electrons. The fourth-order valence-electron chi connectivity index (χ4n) is 4.46. The predicted octanol–water partition coefficient (Wildman–Crippen LogP) is 3.32. The average Bonchev–Trinajstić information content (AvgIpc) is 3.33. The topological polar surface area (TPSA) is 72.3 Å². The minimum absolute atomic E-state index is 0.0859. The van der Waals surface area contributed by atoms with Crippen molar-refractivity contribution in [2.45, 2.75) is 19.4 Å². The second-order valence-electron chi connectivity index (χ2n) is 8.52. The Labute approximate surface area is 198 Å². The Morgan fingerprint density at radius 1 is 1.00 bits per heavy atom. The molecule has 0 spiro atoms. The van der Waals surface area contributed by atoms with Crippen LogP contribution in [0.25, 0.3) is 0 Å². The van der Waals surface area contributed by atoms with Gasteiger partial charge in [-0.2, -0.15) is 0 Å². The molecule has 3 aromatic rings. The highest BCUT2D eigenvalue weighted by atomic mass is 32.1. The number of aromatic nitrogens is 1. The van der Waals surface area contributed by atoms with E-state index in [0.717, 1.165) is 62.4 Å². The van der Waals surface area contributed by atoms with Gasteiger partial charge in [-0.3, -0.25) is 10.3 Å². The van der Waals surface area contributed by atoms with Crippen LogP contribution in [0, 0.1) is 0 Å². The normalized spacial score (nSPS) is 16.1. The lowest BCUT2D eigenvalue weighted by atomic mass is 9.99. The van der Waals surface area contributed by atoms with Gasteiger partial charge in [-0.15, -0.1) is 11.3 Å². The van der Waals surface area contributed by atoms with E-state index in [4.69, 9.17) is 14.8 Å². The Morgan fingerprint density at radius 2 is 1.82 bits per heavy atom. The van der Waals surface area contributed by atoms with E-state index in [0.29, 0.717) is 5.69 Å². The molecule has 1 saturated heterocycles. The lowest BCUT2D eigenvalue weighted by Crippen LogP contribution is -2.36. The molecule has 8 heteroatoms. The number of benzene rings is 2. The zero-order chi connectivity index (χ0) is 22.6. The molecule has 2 aliphatic rings. The van der Waals surface area contributed by atoms with Crippen LogP contribution in [-0.2, 0) is 24.1 Å². The van der Waals surface area contributed by atoms with Crippen LogP contribution in [0.2, 0.25) is 0 Å². The maximum absolute atomic E-state index is 9.86. The monoisotopic (exact) mass is 466 g/mol. The SMILES string of the molecule is OCCN(O)c1ccc(Cc2cnc(N3CCc4ccc(N5CCOCC5)cc4C3)s2)cc1. The van der Waals surface area contributed by atoms with Crippen molar-refractivity contribution in [1.82, 2.24) is 4.98 Å². The summed E-state index contributed by atoms with van der Waals surface area (Å²) in [5.74, 6) is 0. The van der Waals surface area contributed by atoms with Crippen LogP contribution in [0.15, 0.2) is 48.7 Å². The lowest BCUT2D eigenvalue weighted by molar-refractivity contribution is 0.122. The van der Waals surface area contributed by atoms with Crippen molar-refractivity contribution in [3.05, 3.63) is 70.2 Å². The van der Waals surface area contributed by atoms with Gasteiger partial charge in [-0.25, -0.2) is 4.98 Å². The van der Waals surface area contributed by atoms with Gasteiger partial charge >= 0.3 is 0 Å². The van der Waals surface area contributed by atoms with Crippen LogP contribution in [-0.4, -0.2) is 61.3 Å². The summed E-state index contributed by atoms with van der Waals surface area (Å²) in [5.41, 5.74) is 5.99. The number of nitrogens with zero attached hydrogens (tertiary/aromatic N) is 4. The third-order valence-corrected chi connectivity index (χ3v) is 7.37. The molecule has 2 aromatic carbocycles. The van der Waals surface area contributed by atoms with Crippen molar-refractivity contribution in [3.8, 4) is 0 Å². The Balaban J connectivity index is 1.24. The summed E-state index contributed by atoms with van der Waals surface area (Å²) in [5, 5.41) is 21.0. The summed E-state index contributed by atoms with van der Waals surface area (Å²) in [4.78, 5) is 10.8. The van der Waals surface area contributed by atoms with Gasteiger partial charge in [0.1, 0.15) is 0 Å². The molecule has 0 bridgehead atoms. The van der Waals surface area contributed by atoms with Gasteiger partial charge in [0.05, 0.1) is 32.1 Å². The summed E-state index contributed by atoms with van der Waals surface area (Å²) >= 11 is 1.75. The molecular weight excluding hydrogens is 436 g/mol. The molecule has 0 atom stereocenters. The second kappa shape index (κ2) is 10.1. The second-order valence-corrected chi connectivity index (χ2v) is 9.62. The molecule has 0 saturated carbocycles. The summed E-state index contributed by atoms with van der Waals surface area (Å²) < 4.78 is 5.50. The van der Waals surface area contributed by atoms with Crippen LogP contribution < -0.4 is 14.9 Å². The molecule has 1 aromatic heterocycles. The van der Waals surface area contributed by atoms with E-state index in [9.17, 15) is 5.21 Å². The van der Waals surface area contributed by atoms with E-state index in [1.165, 1.54) is 27.3 Å². The number of rotatable bonds is 7. The Bertz CT molecular complexity index is 1070. The Kier molecular flexibility index (Phi) is 6.78. The third kappa shape index (κ3) is 5.14. The van der Waals surface area contributed by atoms with E-state index in [-0.39, 0.29) is 13.2 Å². The minimum atomic E-state index is -0.0859. The van der Waals surface area contributed by atoms with E-state index in [1.54, 1.807) is 11.3 Å². The molecule has 174 valence electrons. The van der Waals surface area contributed by atoms with Gasteiger partial charge in [0.2, 0.25) is 0 Å². The molecule has 0 aliphatic carbocycles. The van der Waals surface area contributed by atoms with E-state index in [1.807, 2.05) is 30.5 Å². The number of aliphatic hydroxyl groups is 1. The summed E-state index contributed by atoms with van der Waals surface area (Å²) in [6, 6.07) is 14.7. The number of fused-ring (bicyclic) bond motifs is 1. The van der Waals surface area contributed by atoms with Crippen LogP contribution in [0.4, 0.5) is 16.5 Å². The molecule has 5 rings (SSSR count). The molecule has 7 nitrogen and oxygen atoms in total. The van der Waals surface area contributed by atoms with Gasteiger partial charge in [-0.1, -0.05) is 18.2 Å². The van der Waals surface area contributed by atoms with Gasteiger partial charge in [0, 0.05) is 49.4 Å².